The second kappa shape index (κ2) is 5.22. The summed E-state index contributed by atoms with van der Waals surface area (Å²) in [5.41, 5.74) is 0. The molecule has 0 aromatic carbocycles. The first-order chi connectivity index (χ1) is 5.56. The number of carbonyl (C=O) groups is 1. The third-order valence-corrected chi connectivity index (χ3v) is 0.773. The number of carboxylic acid groups (broad SMARTS) is 1. The van der Waals surface area contributed by atoms with Gasteiger partial charge in [-0.25, -0.2) is 4.74 Å². The molecule has 0 aliphatic carbocycles. The standard InChI is InChI=1S/C6H10O6/c1-4(2)3-10-6(12-9)11-5(7)8/h4H,3H2,1-2H3,(H,7,8). The van der Waals surface area contributed by atoms with Crippen LogP contribution in [0, 0.1) is 5.92 Å². The molecule has 0 unspecified atom stereocenters. The molecular formula is C6H10O6. The summed E-state index contributed by atoms with van der Waals surface area (Å²) >= 11 is 0. The van der Waals surface area contributed by atoms with E-state index in [0.717, 1.165) is 0 Å². The molecule has 70 valence electrons. The predicted molar refractivity (Wildman–Crippen MR) is 35.3 cm³/mol. The quantitative estimate of drug-likeness (QED) is 0.216. The lowest BCUT2D eigenvalue weighted by atomic mass is 10.2. The number of hydrogen-bond donors (Lipinski definition) is 1. The molecule has 0 fully saturated rings. The largest absolute Gasteiger partial charge is 0.735 e. The Labute approximate surface area is 69.0 Å². The Hall–Kier alpha value is -1.46. The highest BCUT2D eigenvalue weighted by molar-refractivity contribution is 5.75. The van der Waals surface area contributed by atoms with E-state index in [4.69, 9.17) is 5.11 Å². The van der Waals surface area contributed by atoms with Crippen molar-refractivity contribution in [2.24, 2.45) is 5.92 Å². The van der Waals surface area contributed by atoms with E-state index in [2.05, 4.69) is 14.0 Å². The molecule has 0 heterocycles. The molecule has 12 heavy (non-hydrogen) atoms. The number of carbonyl (C=O) groups excluding carboxylic acids is 1. The normalized spacial score (nSPS) is 11.4. The summed E-state index contributed by atoms with van der Waals surface area (Å²) < 4.78 is 11.6. The highest BCUT2D eigenvalue weighted by Gasteiger charge is 2.22. The third-order valence-electron chi connectivity index (χ3n) is 0.773. The monoisotopic (exact) mass is 178 g/mol. The molecule has 0 atom stereocenters. The average Bonchev–Trinajstić information content (AvgIpc) is 1.97. The van der Waals surface area contributed by atoms with Crippen LogP contribution in [0.1, 0.15) is 13.8 Å². The zero-order valence-corrected chi connectivity index (χ0v) is 6.77. The third kappa shape index (κ3) is 5.33. The van der Waals surface area contributed by atoms with Gasteiger partial charge in [-0.05, 0) is 0 Å². The first-order valence-electron chi connectivity index (χ1n) is 3.26. The summed E-state index contributed by atoms with van der Waals surface area (Å²) in [6.45, 7) is 3.80. The van der Waals surface area contributed by atoms with Crippen molar-refractivity contribution in [2.45, 2.75) is 13.8 Å². The van der Waals surface area contributed by atoms with Crippen LogP contribution in [0.25, 0.3) is 0 Å². The summed E-state index contributed by atoms with van der Waals surface area (Å²) in [6.07, 6.45) is -2.54. The first kappa shape index (κ1) is 10.5. The SMILES string of the molecule is CC(C)COC(OC(=O)O)=[O+][O-]. The van der Waals surface area contributed by atoms with Crippen molar-refractivity contribution >= 4 is 12.3 Å². The Kier molecular flexibility index (Phi) is 4.59. The maximum absolute atomic E-state index is 9.87. The van der Waals surface area contributed by atoms with E-state index in [1.807, 2.05) is 13.8 Å². The second-order valence-corrected chi connectivity index (χ2v) is 2.41. The number of hydrogen-bond acceptors (Lipinski definition) is 4. The van der Waals surface area contributed by atoms with Gasteiger partial charge in [0.25, 0.3) is 0 Å². The van der Waals surface area contributed by atoms with Crippen LogP contribution >= 0.6 is 0 Å². The van der Waals surface area contributed by atoms with Crippen molar-refractivity contribution in [1.29, 1.82) is 0 Å². The van der Waals surface area contributed by atoms with Crippen LogP contribution in [0.3, 0.4) is 0 Å². The Bertz CT molecular complexity index is 173. The highest BCUT2D eigenvalue weighted by Crippen LogP contribution is 1.95. The fourth-order valence-corrected chi connectivity index (χ4v) is 0.377. The summed E-state index contributed by atoms with van der Waals surface area (Å²) in [4.78, 5) is 9.87. The molecule has 0 aromatic heterocycles. The zero-order chi connectivity index (χ0) is 9.56. The summed E-state index contributed by atoms with van der Waals surface area (Å²) in [6, 6.07) is 0. The lowest BCUT2D eigenvalue weighted by Crippen LogP contribution is -2.17. The maximum atomic E-state index is 9.87. The van der Waals surface area contributed by atoms with Crippen LogP contribution < -0.4 is 5.26 Å². The first-order valence-corrected chi connectivity index (χ1v) is 3.26. The predicted octanol–water partition coefficient (Wildman–Crippen LogP) is 0.285. The fraction of sp³-hybridized carbons (Fsp3) is 0.667. The summed E-state index contributed by atoms with van der Waals surface area (Å²) in [7, 11) is 0. The minimum atomic E-state index is -1.65. The molecular weight excluding hydrogens is 168 g/mol. The summed E-state index contributed by atoms with van der Waals surface area (Å²) in [5, 5.41) is 17.8. The Morgan fingerprint density at radius 3 is 2.58 bits per heavy atom. The molecule has 0 aliphatic heterocycles. The molecule has 0 saturated carbocycles. The number of rotatable bonds is 2. The van der Waals surface area contributed by atoms with Gasteiger partial charge in [0.05, 0.1) is 0 Å². The van der Waals surface area contributed by atoms with Crippen molar-refractivity contribution in [3.8, 4) is 0 Å². The van der Waals surface area contributed by atoms with Crippen molar-refractivity contribution in [3.05, 3.63) is 0 Å². The topological polar surface area (TPSA) is 90.1 Å². The molecule has 0 saturated heterocycles. The van der Waals surface area contributed by atoms with Crippen LogP contribution in [-0.4, -0.2) is 24.0 Å². The molecule has 0 rings (SSSR count). The van der Waals surface area contributed by atoms with E-state index in [-0.39, 0.29) is 12.5 Å². The molecule has 0 radical (unpaired) electrons. The molecule has 0 aromatic rings. The molecule has 6 nitrogen and oxygen atoms in total. The van der Waals surface area contributed by atoms with Gasteiger partial charge >= 0.3 is 12.3 Å². The molecule has 0 bridgehead atoms. The average molecular weight is 178 g/mol. The highest BCUT2D eigenvalue weighted by atomic mass is 17.1. The zero-order valence-electron chi connectivity index (χ0n) is 6.77. The molecule has 0 amide bonds. The van der Waals surface area contributed by atoms with Crippen LogP contribution in [0.2, 0.25) is 0 Å². The number of ether oxygens (including phenoxy) is 2. The smallest absolute Gasteiger partial charge is 0.628 e. The van der Waals surface area contributed by atoms with Crippen molar-refractivity contribution in [1.82, 2.24) is 0 Å². The molecule has 0 aliphatic rings. The van der Waals surface area contributed by atoms with Crippen molar-refractivity contribution < 1.29 is 29.2 Å². The Morgan fingerprint density at radius 2 is 2.25 bits per heavy atom. The van der Waals surface area contributed by atoms with E-state index >= 15 is 0 Å². The van der Waals surface area contributed by atoms with Gasteiger partial charge in [-0.2, -0.15) is 4.79 Å². The van der Waals surface area contributed by atoms with E-state index in [0.29, 0.717) is 0 Å². The maximum Gasteiger partial charge on any atom is 0.735 e. The van der Waals surface area contributed by atoms with E-state index in [9.17, 15) is 10.1 Å². The lowest BCUT2D eigenvalue weighted by molar-refractivity contribution is -0.869. The molecule has 0 spiro atoms. The second-order valence-electron chi connectivity index (χ2n) is 2.41. The van der Waals surface area contributed by atoms with Gasteiger partial charge in [-0.3, -0.25) is 4.58 Å². The Balaban J connectivity index is 3.78. The minimum Gasteiger partial charge on any atom is -0.628 e. The van der Waals surface area contributed by atoms with Gasteiger partial charge in [0.15, 0.2) is 6.61 Å². The van der Waals surface area contributed by atoms with Gasteiger partial charge in [-0.15, -0.1) is 0 Å². The summed E-state index contributed by atoms with van der Waals surface area (Å²) in [5.74, 6) is 0.146. The van der Waals surface area contributed by atoms with Crippen LogP contribution in [-0.2, 0) is 9.47 Å². The molecule has 1 N–H and O–H groups in total. The van der Waals surface area contributed by atoms with Crippen LogP contribution in [0.5, 0.6) is 0 Å². The van der Waals surface area contributed by atoms with Gasteiger partial charge in [0.1, 0.15) is 0 Å². The Morgan fingerprint density at radius 1 is 1.67 bits per heavy atom. The lowest BCUT2D eigenvalue weighted by Gasteiger charge is -1.98. The van der Waals surface area contributed by atoms with Crippen LogP contribution in [0.4, 0.5) is 9.37 Å². The van der Waals surface area contributed by atoms with Crippen molar-refractivity contribution in [3.63, 3.8) is 0 Å². The van der Waals surface area contributed by atoms with Gasteiger partial charge in [-0.1, -0.05) is 13.8 Å². The van der Waals surface area contributed by atoms with Gasteiger partial charge in [0, 0.05) is 5.92 Å². The minimum absolute atomic E-state index is 0.146. The molecule has 6 heteroatoms. The van der Waals surface area contributed by atoms with Gasteiger partial charge in [0.2, 0.25) is 0 Å². The van der Waals surface area contributed by atoms with E-state index in [1.165, 1.54) is 0 Å². The van der Waals surface area contributed by atoms with Crippen molar-refractivity contribution in [2.75, 3.05) is 6.61 Å². The van der Waals surface area contributed by atoms with E-state index in [1.54, 1.807) is 0 Å². The van der Waals surface area contributed by atoms with Crippen LogP contribution in [0.15, 0.2) is 0 Å². The fourth-order valence-electron chi connectivity index (χ4n) is 0.377. The van der Waals surface area contributed by atoms with E-state index < -0.39 is 12.3 Å². The van der Waals surface area contributed by atoms with Gasteiger partial charge < -0.3 is 15.1 Å².